The Labute approximate surface area is 165 Å². The Morgan fingerprint density at radius 3 is 2.57 bits per heavy atom. The molecule has 1 fully saturated rings. The van der Waals surface area contributed by atoms with Gasteiger partial charge in [-0.1, -0.05) is 28.9 Å². The number of phenols is 2. The molecule has 1 aliphatic carbocycles. The number of nitrogens with one attached hydrogen (secondary N) is 1. The van der Waals surface area contributed by atoms with Gasteiger partial charge in [0, 0.05) is 17.5 Å². The molecule has 2 aromatic carbocycles. The predicted molar refractivity (Wildman–Crippen MR) is 104 cm³/mol. The minimum absolute atomic E-state index is 0.0196. The van der Waals surface area contributed by atoms with E-state index >= 15 is 0 Å². The van der Waals surface area contributed by atoms with Gasteiger partial charge in [-0.15, -0.1) is 0 Å². The van der Waals surface area contributed by atoms with Gasteiger partial charge in [0.2, 0.25) is 11.8 Å². The van der Waals surface area contributed by atoms with Crippen molar-refractivity contribution in [2.24, 2.45) is 5.92 Å². The minimum Gasteiger partial charge on any atom is -0.507 e. The highest BCUT2D eigenvalue weighted by Crippen LogP contribution is 2.44. The van der Waals surface area contributed by atoms with Crippen molar-refractivity contribution in [3.63, 3.8) is 0 Å². The van der Waals surface area contributed by atoms with Crippen LogP contribution in [0.1, 0.15) is 12.8 Å². The molecule has 1 amide bonds. The molecular weight excluding hydrogens is 384 g/mol. The lowest BCUT2D eigenvalue weighted by molar-refractivity contribution is -0.117. The average Bonchev–Trinajstić information content (AvgIpc) is 3.46. The maximum Gasteiger partial charge on any atom is 0.239 e. The van der Waals surface area contributed by atoms with E-state index in [2.05, 4.69) is 10.5 Å². The molecule has 4 rings (SSSR count). The first kappa shape index (κ1) is 18.2. The summed E-state index contributed by atoms with van der Waals surface area (Å²) in [6, 6.07) is 9.64. The third-order valence-electron chi connectivity index (χ3n) is 4.58. The summed E-state index contributed by atoms with van der Waals surface area (Å²) >= 11 is 6.01. The average molecular weight is 401 g/mol. The molecule has 1 saturated carbocycles. The van der Waals surface area contributed by atoms with E-state index in [0.29, 0.717) is 16.9 Å². The molecule has 1 aromatic heterocycles. The van der Waals surface area contributed by atoms with Crippen LogP contribution in [0.25, 0.3) is 22.4 Å². The number of amides is 1. The molecule has 144 valence electrons. The van der Waals surface area contributed by atoms with Gasteiger partial charge in [-0.2, -0.15) is 0 Å². The van der Waals surface area contributed by atoms with Crippen molar-refractivity contribution in [3.05, 3.63) is 41.4 Å². The van der Waals surface area contributed by atoms with Gasteiger partial charge in [-0.25, -0.2) is 0 Å². The molecule has 7 nitrogen and oxygen atoms in total. The van der Waals surface area contributed by atoms with E-state index in [0.717, 1.165) is 18.9 Å². The van der Waals surface area contributed by atoms with Gasteiger partial charge in [0.1, 0.15) is 22.9 Å². The van der Waals surface area contributed by atoms with Gasteiger partial charge >= 0.3 is 0 Å². The fraction of sp³-hybridized carbons (Fsp3) is 0.200. The maximum atomic E-state index is 12.2. The molecule has 0 bridgehead atoms. The molecule has 1 heterocycles. The van der Waals surface area contributed by atoms with Gasteiger partial charge in [0.05, 0.1) is 17.7 Å². The Kier molecular flexibility index (Phi) is 4.60. The zero-order chi connectivity index (χ0) is 19.8. The molecule has 0 atom stereocenters. The number of halogens is 1. The molecule has 0 unspecified atom stereocenters. The number of ether oxygens (including phenoxy) is 1. The molecule has 1 aliphatic rings. The highest BCUT2D eigenvalue weighted by Gasteiger charge is 2.32. The van der Waals surface area contributed by atoms with Crippen molar-refractivity contribution in [2.45, 2.75) is 12.8 Å². The van der Waals surface area contributed by atoms with E-state index < -0.39 is 0 Å². The van der Waals surface area contributed by atoms with E-state index in [9.17, 15) is 15.0 Å². The summed E-state index contributed by atoms with van der Waals surface area (Å²) in [5.41, 5.74) is 1.75. The Bertz CT molecular complexity index is 1040. The van der Waals surface area contributed by atoms with Crippen molar-refractivity contribution >= 4 is 23.4 Å². The fourth-order valence-electron chi connectivity index (χ4n) is 2.88. The Morgan fingerprint density at radius 1 is 1.21 bits per heavy atom. The first-order valence-corrected chi connectivity index (χ1v) is 9.02. The van der Waals surface area contributed by atoms with Crippen LogP contribution in [-0.2, 0) is 4.79 Å². The number of hydrogen-bond donors (Lipinski definition) is 3. The van der Waals surface area contributed by atoms with Gasteiger partial charge in [-0.05, 0) is 36.6 Å². The number of hydrogen-bond acceptors (Lipinski definition) is 6. The molecule has 28 heavy (non-hydrogen) atoms. The van der Waals surface area contributed by atoms with Crippen molar-refractivity contribution < 1.29 is 24.3 Å². The number of aromatic nitrogens is 1. The van der Waals surface area contributed by atoms with Crippen LogP contribution in [0.3, 0.4) is 0 Å². The largest absolute Gasteiger partial charge is 0.507 e. The van der Waals surface area contributed by atoms with Crippen LogP contribution in [0.5, 0.6) is 17.2 Å². The zero-order valence-electron chi connectivity index (χ0n) is 14.9. The highest BCUT2D eigenvalue weighted by molar-refractivity contribution is 6.32. The minimum atomic E-state index is -0.250. The number of phenolic OH excluding ortho intramolecular Hbond substituents is 2. The summed E-state index contributed by atoms with van der Waals surface area (Å²) in [5, 5.41) is 26.9. The van der Waals surface area contributed by atoms with E-state index in [1.165, 1.54) is 6.07 Å². The van der Waals surface area contributed by atoms with Gasteiger partial charge < -0.3 is 19.5 Å². The fourth-order valence-corrected chi connectivity index (χ4v) is 3.05. The normalized spacial score (nSPS) is 13.4. The van der Waals surface area contributed by atoms with Crippen LogP contribution in [0.15, 0.2) is 40.9 Å². The summed E-state index contributed by atoms with van der Waals surface area (Å²) < 4.78 is 10.6. The summed E-state index contributed by atoms with van der Waals surface area (Å²) in [6.07, 6.45) is 1.69. The quantitative estimate of drug-likeness (QED) is 0.585. The van der Waals surface area contributed by atoms with Gasteiger partial charge in [-0.3, -0.25) is 10.1 Å². The van der Waals surface area contributed by atoms with Crippen molar-refractivity contribution in [1.82, 2.24) is 5.16 Å². The van der Waals surface area contributed by atoms with Gasteiger partial charge in [0.25, 0.3) is 0 Å². The monoisotopic (exact) mass is 400 g/mol. The second-order valence-electron chi connectivity index (χ2n) is 6.55. The molecule has 0 aliphatic heterocycles. The second-order valence-corrected chi connectivity index (χ2v) is 6.96. The molecule has 3 aromatic rings. The summed E-state index contributed by atoms with van der Waals surface area (Å²) in [6.45, 7) is 0. The molecule has 0 radical (unpaired) electrons. The van der Waals surface area contributed by atoms with Crippen LogP contribution in [-0.4, -0.2) is 28.4 Å². The third kappa shape index (κ3) is 3.36. The number of carbonyl (C=O) groups excluding carboxylic acids is 1. The molecular formula is C20H17ClN2O5. The van der Waals surface area contributed by atoms with Crippen LogP contribution >= 0.6 is 11.6 Å². The predicted octanol–water partition coefficient (Wildman–Crippen LogP) is 4.43. The lowest BCUT2D eigenvalue weighted by Crippen LogP contribution is -2.13. The third-order valence-corrected chi connectivity index (χ3v) is 4.88. The standard InChI is InChI=1S/C20H17ClN2O5/c1-27-12-6-4-10(5-7-12)17-18(13-8-14(21)16(25)9-15(13)24)23-28-20(17)22-19(26)11-2-3-11/h4-9,11,24-25H,2-3H2,1H3,(H,22,26). The number of methoxy groups -OCH3 is 1. The van der Waals surface area contributed by atoms with Crippen LogP contribution in [0, 0.1) is 5.92 Å². The molecule has 3 N–H and O–H groups in total. The summed E-state index contributed by atoms with van der Waals surface area (Å²) in [5.74, 6) is 0.227. The van der Waals surface area contributed by atoms with Crippen molar-refractivity contribution in [2.75, 3.05) is 12.4 Å². The lowest BCUT2D eigenvalue weighted by atomic mass is 10.00. The van der Waals surface area contributed by atoms with Crippen LogP contribution in [0.4, 0.5) is 5.88 Å². The number of anilines is 1. The van der Waals surface area contributed by atoms with Crippen LogP contribution < -0.4 is 10.1 Å². The lowest BCUT2D eigenvalue weighted by Gasteiger charge is -2.09. The summed E-state index contributed by atoms with van der Waals surface area (Å²) in [4.78, 5) is 12.2. The SMILES string of the molecule is COc1ccc(-c2c(-c3cc(Cl)c(O)cc3O)noc2NC(=O)C2CC2)cc1. The second kappa shape index (κ2) is 7.09. The number of nitrogens with zero attached hydrogens (tertiary/aromatic N) is 1. The Balaban J connectivity index is 1.85. The topological polar surface area (TPSA) is 105 Å². The maximum absolute atomic E-state index is 12.2. The summed E-state index contributed by atoms with van der Waals surface area (Å²) in [7, 11) is 1.57. The number of carbonyl (C=O) groups is 1. The smallest absolute Gasteiger partial charge is 0.239 e. The molecule has 0 saturated heterocycles. The Morgan fingerprint density at radius 2 is 1.93 bits per heavy atom. The number of benzene rings is 2. The zero-order valence-corrected chi connectivity index (χ0v) is 15.7. The Hall–Kier alpha value is -3.19. The number of rotatable bonds is 5. The van der Waals surface area contributed by atoms with E-state index in [4.69, 9.17) is 20.9 Å². The number of aromatic hydroxyl groups is 2. The van der Waals surface area contributed by atoms with Crippen molar-refractivity contribution in [1.29, 1.82) is 0 Å². The first-order chi connectivity index (χ1) is 13.5. The van der Waals surface area contributed by atoms with E-state index in [1.807, 2.05) is 0 Å². The molecule has 0 spiro atoms. The van der Waals surface area contributed by atoms with Crippen molar-refractivity contribution in [3.8, 4) is 39.6 Å². The molecule has 8 heteroatoms. The first-order valence-electron chi connectivity index (χ1n) is 8.64. The van der Waals surface area contributed by atoms with E-state index in [1.54, 1.807) is 31.4 Å². The van der Waals surface area contributed by atoms with Gasteiger partial charge in [0.15, 0.2) is 0 Å². The van der Waals surface area contributed by atoms with Crippen LogP contribution in [0.2, 0.25) is 5.02 Å². The highest BCUT2D eigenvalue weighted by atomic mass is 35.5. The van der Waals surface area contributed by atoms with E-state index in [-0.39, 0.29) is 45.5 Å².